The Morgan fingerprint density at radius 2 is 1.87 bits per heavy atom. The molecular weight excluding hydrogens is 736 g/mol. The maximum Gasteiger partial charge on any atom is 0.264 e. The van der Waals surface area contributed by atoms with Crippen molar-refractivity contribution in [1.29, 1.82) is 0 Å². The molecule has 1 N–H and O–H groups in total. The molecule has 1 saturated heterocycles. The minimum absolute atomic E-state index is 0.154. The van der Waals surface area contributed by atoms with E-state index < -0.39 is 31.2 Å². The molecule has 1 spiro atoms. The minimum Gasteiger partial charge on any atom is -0.490 e. The Balaban J connectivity index is 1.19. The number of carbonyl (C=O) groups excluding carboxylic acids is 1. The molecule has 11 nitrogen and oxygen atoms in total. The van der Waals surface area contributed by atoms with E-state index in [0.29, 0.717) is 70.6 Å². The van der Waals surface area contributed by atoms with Crippen molar-refractivity contribution in [3.05, 3.63) is 70.3 Å². The molecule has 3 aliphatic heterocycles. The summed E-state index contributed by atoms with van der Waals surface area (Å²) in [6, 6.07) is 11.5. The third-order valence-corrected chi connectivity index (χ3v) is 16.0. The van der Waals surface area contributed by atoms with Crippen LogP contribution in [0.2, 0.25) is 5.02 Å². The van der Waals surface area contributed by atoms with Gasteiger partial charge in [0.05, 0.1) is 36.5 Å². The van der Waals surface area contributed by atoms with E-state index >= 15 is 0 Å². The van der Waals surface area contributed by atoms with Crippen LogP contribution in [0.15, 0.2) is 48.6 Å². The Morgan fingerprint density at radius 3 is 2.60 bits per heavy atom. The molecular formula is C39H53ClN4O7S2. The highest BCUT2D eigenvalue weighted by Crippen LogP contribution is 2.47. The number of anilines is 1. The van der Waals surface area contributed by atoms with Crippen molar-refractivity contribution >= 4 is 43.2 Å². The summed E-state index contributed by atoms with van der Waals surface area (Å²) in [5.41, 5.74) is 3.30. The first-order valence-corrected chi connectivity index (χ1v) is 22.8. The van der Waals surface area contributed by atoms with Gasteiger partial charge in [-0.1, -0.05) is 36.7 Å². The lowest BCUT2D eigenvalue weighted by atomic mass is 9.68. The van der Waals surface area contributed by atoms with Crippen LogP contribution in [0.25, 0.3) is 0 Å². The molecule has 1 amide bonds. The van der Waals surface area contributed by atoms with Gasteiger partial charge in [-0.2, -0.15) is 4.31 Å². The van der Waals surface area contributed by atoms with Crippen molar-refractivity contribution in [3.8, 4) is 5.75 Å². The van der Waals surface area contributed by atoms with Gasteiger partial charge in [-0.3, -0.25) is 9.69 Å². The van der Waals surface area contributed by atoms with Crippen LogP contribution in [0.1, 0.15) is 67.4 Å². The summed E-state index contributed by atoms with van der Waals surface area (Å²) >= 11 is 6.47. The molecule has 2 aromatic carbocycles. The molecule has 53 heavy (non-hydrogen) atoms. The molecule has 0 aromatic heterocycles. The van der Waals surface area contributed by atoms with Crippen molar-refractivity contribution in [1.82, 2.24) is 13.9 Å². The van der Waals surface area contributed by atoms with Crippen LogP contribution < -0.4 is 14.4 Å². The molecule has 0 unspecified atom stereocenters. The highest BCUT2D eigenvalue weighted by Gasteiger charge is 2.45. The number of benzene rings is 2. The first kappa shape index (κ1) is 38.6. The van der Waals surface area contributed by atoms with Crippen molar-refractivity contribution in [2.24, 2.45) is 17.8 Å². The number of halogens is 1. The van der Waals surface area contributed by atoms with Gasteiger partial charge < -0.3 is 14.4 Å². The SMILES string of the molecule is C[C@@H]1[C@@H](C)C/C=C/[C@H](OCCN2CCN(S(C)(=O)=O)CC2)[C@@H]2CC[C@H]2CN2C[C@@]3(CCCc4cc(Cl)ccc43)COc3ccc(cc32)C(=O)NS1(=O)=O. The molecule has 1 saturated carbocycles. The van der Waals surface area contributed by atoms with E-state index in [1.54, 1.807) is 19.1 Å². The number of aryl methyl sites for hydroxylation is 1. The Kier molecular flexibility index (Phi) is 11.3. The van der Waals surface area contributed by atoms with E-state index in [9.17, 15) is 21.6 Å². The highest BCUT2D eigenvalue weighted by molar-refractivity contribution is 7.90. The summed E-state index contributed by atoms with van der Waals surface area (Å²) in [5.74, 6) is 0.379. The van der Waals surface area contributed by atoms with Crippen molar-refractivity contribution < 1.29 is 31.1 Å². The third kappa shape index (κ3) is 8.30. The highest BCUT2D eigenvalue weighted by atomic mass is 35.5. The number of nitrogens with zero attached hydrogens (tertiary/aromatic N) is 3. The molecule has 2 aromatic rings. The normalized spacial score (nSPS) is 31.7. The second kappa shape index (κ2) is 15.5. The Hall–Kier alpha value is -2.68. The van der Waals surface area contributed by atoms with E-state index in [1.165, 1.54) is 21.7 Å². The smallest absolute Gasteiger partial charge is 0.264 e. The zero-order chi connectivity index (χ0) is 37.5. The van der Waals surface area contributed by atoms with E-state index in [-0.39, 0.29) is 28.9 Å². The molecule has 0 radical (unpaired) electrons. The number of allylic oxidation sites excluding steroid dienone is 1. The van der Waals surface area contributed by atoms with Crippen LogP contribution in [0.5, 0.6) is 5.75 Å². The maximum absolute atomic E-state index is 13.6. The van der Waals surface area contributed by atoms with Crippen LogP contribution in [0.3, 0.4) is 0 Å². The number of sulfonamides is 2. The molecule has 6 atom stereocenters. The van der Waals surface area contributed by atoms with Gasteiger partial charge >= 0.3 is 0 Å². The zero-order valence-corrected chi connectivity index (χ0v) is 33.4. The van der Waals surface area contributed by atoms with E-state index in [4.69, 9.17) is 21.1 Å². The lowest BCUT2D eigenvalue weighted by molar-refractivity contribution is -0.0226. The summed E-state index contributed by atoms with van der Waals surface area (Å²) in [5, 5.41) is -0.0728. The monoisotopic (exact) mass is 788 g/mol. The predicted octanol–water partition coefficient (Wildman–Crippen LogP) is 4.85. The predicted molar refractivity (Wildman–Crippen MR) is 208 cm³/mol. The Morgan fingerprint density at radius 1 is 1.08 bits per heavy atom. The number of hydrogen-bond acceptors (Lipinski definition) is 9. The van der Waals surface area contributed by atoms with Crippen LogP contribution in [0.4, 0.5) is 5.69 Å². The van der Waals surface area contributed by atoms with Crippen molar-refractivity contribution in [2.75, 3.05) is 70.2 Å². The molecule has 7 rings (SSSR count). The standard InChI is InChI=1S/C39H53ClN4O7S2/c1-27-6-4-8-36(50-21-20-42-16-18-44(19-17-42)52(3,46)47)33-12-9-31(33)24-43-25-39(15-5-7-29-22-32(40)11-13-34(29)39)26-51-37-14-10-30(23-35(37)43)38(45)41-53(48,49)28(27)2/h4,8,10-11,13-14,22-23,27-28,31,33,36H,5-7,9,12,15-21,24-26H2,1-3H3,(H,41,45)/b8-4+/t27-,28+,31-,33+,36-,39-/m0/s1. The zero-order valence-electron chi connectivity index (χ0n) is 31.0. The Bertz CT molecular complexity index is 1930. The topological polar surface area (TPSA) is 126 Å². The number of carbonyl (C=O) groups is 1. The number of fused-ring (bicyclic) bond motifs is 4. The minimum atomic E-state index is -3.97. The molecule has 5 aliphatic rings. The van der Waals surface area contributed by atoms with Gasteiger partial charge in [0, 0.05) is 61.8 Å². The fraction of sp³-hybridized carbons (Fsp3) is 0.615. The average molecular weight is 789 g/mol. The number of nitrogens with one attached hydrogen (secondary N) is 1. The van der Waals surface area contributed by atoms with Gasteiger partial charge in [0.15, 0.2) is 0 Å². The largest absolute Gasteiger partial charge is 0.490 e. The molecule has 2 aliphatic carbocycles. The summed E-state index contributed by atoms with van der Waals surface area (Å²) in [6.45, 7) is 8.97. The first-order valence-electron chi connectivity index (χ1n) is 19.0. The number of rotatable bonds is 5. The molecule has 2 fully saturated rings. The first-order chi connectivity index (χ1) is 25.2. The number of hydrogen-bond donors (Lipinski definition) is 1. The summed E-state index contributed by atoms with van der Waals surface area (Å²) in [7, 11) is -7.16. The molecule has 290 valence electrons. The van der Waals surface area contributed by atoms with Crippen LogP contribution in [-0.4, -0.2) is 109 Å². The quantitative estimate of drug-likeness (QED) is 0.424. The van der Waals surface area contributed by atoms with Crippen LogP contribution in [-0.2, 0) is 36.6 Å². The van der Waals surface area contributed by atoms with Crippen LogP contribution in [0, 0.1) is 17.8 Å². The molecule has 2 bridgehead atoms. The van der Waals surface area contributed by atoms with E-state index in [1.807, 2.05) is 19.1 Å². The fourth-order valence-electron chi connectivity index (χ4n) is 8.92. The van der Waals surface area contributed by atoms with E-state index in [0.717, 1.165) is 49.4 Å². The average Bonchev–Trinajstić information content (AvgIpc) is 3.25. The van der Waals surface area contributed by atoms with Crippen LogP contribution >= 0.6 is 11.6 Å². The summed E-state index contributed by atoms with van der Waals surface area (Å²) in [6.07, 6.45) is 10.8. The Labute approximate surface area is 320 Å². The van der Waals surface area contributed by atoms with E-state index in [2.05, 4.69) is 38.8 Å². The van der Waals surface area contributed by atoms with Gasteiger partial charge in [0.2, 0.25) is 20.0 Å². The number of piperazine rings is 1. The van der Waals surface area contributed by atoms with Crippen molar-refractivity contribution in [3.63, 3.8) is 0 Å². The third-order valence-electron chi connectivity index (χ3n) is 12.5. The number of amides is 1. The maximum atomic E-state index is 13.6. The van der Waals surface area contributed by atoms with Gasteiger partial charge in [0.1, 0.15) is 5.75 Å². The lowest BCUT2D eigenvalue weighted by Gasteiger charge is -2.46. The van der Waals surface area contributed by atoms with Gasteiger partial charge in [-0.15, -0.1) is 0 Å². The second-order valence-electron chi connectivity index (χ2n) is 15.9. The lowest BCUT2D eigenvalue weighted by Crippen LogP contribution is -2.50. The summed E-state index contributed by atoms with van der Waals surface area (Å²) < 4.78 is 68.2. The van der Waals surface area contributed by atoms with Gasteiger partial charge in [-0.25, -0.2) is 21.6 Å². The molecule has 14 heteroatoms. The molecule has 3 heterocycles. The van der Waals surface area contributed by atoms with Crippen molar-refractivity contribution in [2.45, 2.75) is 69.1 Å². The summed E-state index contributed by atoms with van der Waals surface area (Å²) in [4.78, 5) is 18.2. The van der Waals surface area contributed by atoms with Gasteiger partial charge in [0.25, 0.3) is 5.91 Å². The fourth-order valence-corrected chi connectivity index (χ4v) is 11.2. The number of ether oxygens (including phenoxy) is 2. The van der Waals surface area contributed by atoms with Gasteiger partial charge in [-0.05, 0) is 105 Å². The second-order valence-corrected chi connectivity index (χ2v) is 20.4.